The molecule has 9 nitrogen and oxygen atoms in total. The third kappa shape index (κ3) is 8.28. The van der Waals surface area contributed by atoms with E-state index in [1.807, 2.05) is 30.3 Å². The number of benzene rings is 3. The summed E-state index contributed by atoms with van der Waals surface area (Å²) in [6, 6.07) is 16.2. The maximum absolute atomic E-state index is 15.7. The summed E-state index contributed by atoms with van der Waals surface area (Å²) in [5.41, 5.74) is 4.58. The van der Waals surface area contributed by atoms with Crippen molar-refractivity contribution < 1.29 is 18.7 Å². The van der Waals surface area contributed by atoms with Crippen LogP contribution in [-0.2, 0) is 22.7 Å². The van der Waals surface area contributed by atoms with Crippen molar-refractivity contribution in [3.8, 4) is 28.1 Å². The Hall–Kier alpha value is -3.93. The normalized spacial score (nSPS) is 17.2. The summed E-state index contributed by atoms with van der Waals surface area (Å²) < 4.78 is 21.4. The van der Waals surface area contributed by atoms with E-state index >= 15 is 4.39 Å². The van der Waals surface area contributed by atoms with E-state index in [1.165, 1.54) is 6.07 Å². The van der Waals surface area contributed by atoms with Gasteiger partial charge in [0.15, 0.2) is 5.82 Å². The number of amides is 2. The Balaban J connectivity index is 1.19. The average molecular weight is 726 g/mol. The summed E-state index contributed by atoms with van der Waals surface area (Å²) >= 11 is 20.3. The summed E-state index contributed by atoms with van der Waals surface area (Å²) in [4.78, 5) is 27.6. The molecule has 1 aromatic heterocycles. The molecule has 2 aliphatic heterocycles. The first-order chi connectivity index (χ1) is 23.7. The fraction of sp³-hybridized carbons (Fsp3) is 0.306. The number of hydrogen-bond donors (Lipinski definition) is 5. The Kier molecular flexibility index (Phi) is 11.2. The van der Waals surface area contributed by atoms with Gasteiger partial charge in [0.25, 0.3) is 0 Å². The van der Waals surface area contributed by atoms with Gasteiger partial charge < -0.3 is 31.3 Å². The molecule has 0 aliphatic carbocycles. The monoisotopic (exact) mass is 724 g/mol. The molecule has 2 amide bonds. The van der Waals surface area contributed by atoms with Crippen LogP contribution in [0, 0.1) is 5.82 Å². The number of carbonyl (C=O) groups excluding carboxylic acids is 2. The summed E-state index contributed by atoms with van der Waals surface area (Å²) in [6.07, 6.45) is 4.30. The highest BCUT2D eigenvalue weighted by Gasteiger charge is 2.22. The SMILES string of the molecule is COc1cc(-c2nccc(-c3cccc(Nc4cc(Cl)cc(CNC[C@H]5CCC(=O)N5)c4F)c3Cl)c2Cl)ccc1CNC[C@H]1CCC(=O)N1. The molecule has 0 spiro atoms. The summed E-state index contributed by atoms with van der Waals surface area (Å²) in [5.74, 6) is 0.334. The highest BCUT2D eigenvalue weighted by molar-refractivity contribution is 6.39. The molecule has 6 rings (SSSR count). The molecule has 2 saturated heterocycles. The number of methoxy groups -OCH3 is 1. The zero-order valence-corrected chi connectivity index (χ0v) is 29.0. The van der Waals surface area contributed by atoms with Crippen molar-refractivity contribution in [3.05, 3.63) is 92.8 Å². The summed E-state index contributed by atoms with van der Waals surface area (Å²) in [7, 11) is 1.61. The molecular weight excluding hydrogens is 690 g/mol. The van der Waals surface area contributed by atoms with E-state index in [2.05, 4.69) is 31.6 Å². The first-order valence-corrected chi connectivity index (χ1v) is 17.2. The van der Waals surface area contributed by atoms with Crippen molar-refractivity contribution in [3.63, 3.8) is 0 Å². The molecule has 4 aromatic rings. The first-order valence-electron chi connectivity index (χ1n) is 16.1. The number of nitrogens with zero attached hydrogens (tertiary/aromatic N) is 1. The van der Waals surface area contributed by atoms with Crippen LogP contribution in [0.25, 0.3) is 22.4 Å². The molecule has 5 N–H and O–H groups in total. The van der Waals surface area contributed by atoms with Crippen LogP contribution in [0.4, 0.5) is 15.8 Å². The number of nitrogens with one attached hydrogen (secondary N) is 5. The first kappa shape index (κ1) is 34.9. The Morgan fingerprint density at radius 2 is 1.51 bits per heavy atom. The van der Waals surface area contributed by atoms with E-state index in [-0.39, 0.29) is 36.1 Å². The van der Waals surface area contributed by atoms with Gasteiger partial charge in [-0.05, 0) is 43.2 Å². The average Bonchev–Trinajstić information content (AvgIpc) is 3.71. The molecule has 13 heteroatoms. The topological polar surface area (TPSA) is 116 Å². The molecule has 0 unspecified atom stereocenters. The van der Waals surface area contributed by atoms with Gasteiger partial charge in [-0.3, -0.25) is 14.6 Å². The lowest BCUT2D eigenvalue weighted by Crippen LogP contribution is -2.35. The van der Waals surface area contributed by atoms with E-state index in [0.29, 0.717) is 81.4 Å². The highest BCUT2D eigenvalue weighted by atomic mass is 35.5. The van der Waals surface area contributed by atoms with E-state index in [0.717, 1.165) is 24.0 Å². The fourth-order valence-electron chi connectivity index (χ4n) is 6.16. The van der Waals surface area contributed by atoms with Crippen LogP contribution in [-0.4, -0.2) is 49.1 Å². The number of hydrogen-bond acceptors (Lipinski definition) is 7. The van der Waals surface area contributed by atoms with E-state index in [4.69, 9.17) is 39.5 Å². The predicted molar refractivity (Wildman–Crippen MR) is 192 cm³/mol. The second kappa shape index (κ2) is 15.7. The number of carbonyl (C=O) groups is 2. The fourth-order valence-corrected chi connectivity index (χ4v) is 7.00. The van der Waals surface area contributed by atoms with Gasteiger partial charge in [0.2, 0.25) is 11.8 Å². The van der Waals surface area contributed by atoms with Crippen molar-refractivity contribution >= 4 is 58.0 Å². The van der Waals surface area contributed by atoms with Crippen molar-refractivity contribution in [1.82, 2.24) is 26.3 Å². The van der Waals surface area contributed by atoms with Gasteiger partial charge in [0.1, 0.15) is 5.75 Å². The van der Waals surface area contributed by atoms with Gasteiger partial charge in [-0.1, -0.05) is 59.1 Å². The van der Waals surface area contributed by atoms with Gasteiger partial charge >= 0.3 is 0 Å². The molecule has 3 aromatic carbocycles. The zero-order valence-electron chi connectivity index (χ0n) is 26.8. The van der Waals surface area contributed by atoms with Gasteiger partial charge in [-0.2, -0.15) is 0 Å². The second-order valence-electron chi connectivity index (χ2n) is 12.1. The molecule has 49 heavy (non-hydrogen) atoms. The van der Waals surface area contributed by atoms with Gasteiger partial charge in [0.05, 0.1) is 34.2 Å². The molecule has 0 radical (unpaired) electrons. The molecular formula is C36H36Cl3FN6O3. The number of anilines is 2. The van der Waals surface area contributed by atoms with Crippen LogP contribution in [0.15, 0.2) is 60.8 Å². The van der Waals surface area contributed by atoms with Crippen molar-refractivity contribution in [1.29, 1.82) is 0 Å². The van der Waals surface area contributed by atoms with Crippen molar-refractivity contribution in [2.75, 3.05) is 25.5 Å². The van der Waals surface area contributed by atoms with Gasteiger partial charge in [-0.15, -0.1) is 0 Å². The molecule has 2 fully saturated rings. The largest absolute Gasteiger partial charge is 0.496 e. The minimum Gasteiger partial charge on any atom is -0.496 e. The number of halogens is 4. The number of aromatic nitrogens is 1. The summed E-state index contributed by atoms with van der Waals surface area (Å²) in [5, 5.41) is 16.7. The van der Waals surface area contributed by atoms with E-state index in [9.17, 15) is 9.59 Å². The lowest BCUT2D eigenvalue weighted by Gasteiger charge is -2.17. The van der Waals surface area contributed by atoms with E-state index < -0.39 is 5.82 Å². The maximum Gasteiger partial charge on any atom is 0.220 e. The highest BCUT2D eigenvalue weighted by Crippen LogP contribution is 2.42. The Morgan fingerprint density at radius 1 is 0.837 bits per heavy atom. The van der Waals surface area contributed by atoms with Gasteiger partial charge in [0, 0.05) is 90.1 Å². The third-order valence-electron chi connectivity index (χ3n) is 8.70. The second-order valence-corrected chi connectivity index (χ2v) is 13.3. The number of pyridine rings is 1. The minimum atomic E-state index is -0.462. The predicted octanol–water partition coefficient (Wildman–Crippen LogP) is 7.00. The standard InChI is InChI=1S/C36H36Cl3FN6O3/c1-49-30-14-20(5-6-21(30)16-41-18-24-7-9-31(47)44-24)36-34(39)27(11-12-43-36)26-3-2-4-28(33(26)38)46-29-15-23(37)13-22(35(29)40)17-42-19-25-8-10-32(48)45-25/h2-6,11-15,24-25,41-42,46H,7-10,16-19H2,1H3,(H,44,47)(H,45,48)/t24-,25-/m1/s1. The van der Waals surface area contributed by atoms with Crippen LogP contribution < -0.4 is 31.3 Å². The van der Waals surface area contributed by atoms with Crippen LogP contribution in [0.1, 0.15) is 36.8 Å². The van der Waals surface area contributed by atoms with Crippen LogP contribution in [0.3, 0.4) is 0 Å². The molecule has 0 saturated carbocycles. The molecule has 256 valence electrons. The third-order valence-corrected chi connectivity index (χ3v) is 9.71. The van der Waals surface area contributed by atoms with Crippen molar-refractivity contribution in [2.45, 2.75) is 50.9 Å². The number of rotatable bonds is 13. The molecule has 2 atom stereocenters. The smallest absolute Gasteiger partial charge is 0.220 e. The van der Waals surface area contributed by atoms with Crippen molar-refractivity contribution in [2.24, 2.45) is 0 Å². The Bertz CT molecular complexity index is 1880. The lowest BCUT2D eigenvalue weighted by atomic mass is 10.0. The van der Waals surface area contributed by atoms with Crippen LogP contribution >= 0.6 is 34.8 Å². The van der Waals surface area contributed by atoms with Crippen LogP contribution in [0.2, 0.25) is 15.1 Å². The van der Waals surface area contributed by atoms with Crippen LogP contribution in [0.5, 0.6) is 5.75 Å². The van der Waals surface area contributed by atoms with Gasteiger partial charge in [-0.25, -0.2) is 4.39 Å². The minimum absolute atomic E-state index is 0.0249. The molecule has 0 bridgehead atoms. The zero-order chi connectivity index (χ0) is 34.5. The maximum atomic E-state index is 15.7. The number of ether oxygens (including phenoxy) is 1. The Labute approximate surface area is 299 Å². The quantitative estimate of drug-likeness (QED) is 0.101. The Morgan fingerprint density at radius 3 is 2.16 bits per heavy atom. The molecule has 3 heterocycles. The lowest BCUT2D eigenvalue weighted by molar-refractivity contribution is -0.120. The van der Waals surface area contributed by atoms with E-state index in [1.54, 1.807) is 31.5 Å². The summed E-state index contributed by atoms with van der Waals surface area (Å²) in [6.45, 7) is 2.00. The molecule has 2 aliphatic rings.